The van der Waals surface area contributed by atoms with Gasteiger partial charge < -0.3 is 5.32 Å². The van der Waals surface area contributed by atoms with Crippen molar-refractivity contribution in [3.8, 4) is 11.3 Å². The number of hydrogen-bond acceptors (Lipinski definition) is 5. The third-order valence-corrected chi connectivity index (χ3v) is 6.39. The van der Waals surface area contributed by atoms with E-state index in [9.17, 15) is 4.79 Å². The molecule has 1 aliphatic heterocycles. The van der Waals surface area contributed by atoms with Crippen LogP contribution in [-0.4, -0.2) is 36.6 Å². The Morgan fingerprint density at radius 3 is 2.93 bits per heavy atom. The van der Waals surface area contributed by atoms with E-state index >= 15 is 0 Å². The molecule has 146 valence electrons. The number of nitrogens with one attached hydrogen (secondary N) is 1. The van der Waals surface area contributed by atoms with Gasteiger partial charge in [-0.1, -0.05) is 6.07 Å². The summed E-state index contributed by atoms with van der Waals surface area (Å²) in [5, 5.41) is 14.1. The minimum Gasteiger partial charge on any atom is -0.311 e. The van der Waals surface area contributed by atoms with E-state index in [0.29, 0.717) is 0 Å². The van der Waals surface area contributed by atoms with E-state index in [1.54, 1.807) is 9.36 Å². The smallest absolute Gasteiger partial charge is 0.274 e. The SMILES string of the molecule is Cn1cc2nc(-c3ccc4c(=O)n(C5CCNC6(CC6)C5)ncc4c3)ccc2n1. The van der Waals surface area contributed by atoms with Crippen LogP contribution < -0.4 is 10.9 Å². The second kappa shape index (κ2) is 5.97. The Hall–Kier alpha value is -3.06. The number of fused-ring (bicyclic) bond motifs is 2. The lowest BCUT2D eigenvalue weighted by Gasteiger charge is -2.30. The van der Waals surface area contributed by atoms with E-state index in [1.165, 1.54) is 12.8 Å². The molecule has 7 nitrogen and oxygen atoms in total. The lowest BCUT2D eigenvalue weighted by molar-refractivity contribution is 0.264. The number of aromatic nitrogens is 5. The number of pyridine rings is 1. The van der Waals surface area contributed by atoms with Crippen LogP contribution in [0.25, 0.3) is 33.1 Å². The first-order chi connectivity index (χ1) is 14.1. The van der Waals surface area contributed by atoms with Crippen LogP contribution >= 0.6 is 0 Å². The predicted octanol–water partition coefficient (Wildman–Crippen LogP) is 2.80. The van der Waals surface area contributed by atoms with Gasteiger partial charge in [0.15, 0.2) is 0 Å². The van der Waals surface area contributed by atoms with Crippen molar-refractivity contribution >= 4 is 21.8 Å². The second-order valence-electron chi connectivity index (χ2n) is 8.45. The van der Waals surface area contributed by atoms with Gasteiger partial charge in [-0.25, -0.2) is 9.67 Å². The largest absolute Gasteiger partial charge is 0.311 e. The summed E-state index contributed by atoms with van der Waals surface area (Å²) >= 11 is 0. The Morgan fingerprint density at radius 2 is 2.07 bits per heavy atom. The van der Waals surface area contributed by atoms with Crippen LogP contribution in [0.4, 0.5) is 0 Å². The molecule has 29 heavy (non-hydrogen) atoms. The number of rotatable bonds is 2. The summed E-state index contributed by atoms with van der Waals surface area (Å²) in [4.78, 5) is 17.9. The van der Waals surface area contributed by atoms with Gasteiger partial charge in [0, 0.05) is 23.5 Å². The maximum absolute atomic E-state index is 13.1. The fourth-order valence-corrected chi connectivity index (χ4v) is 4.64. The molecular formula is C22H22N6O. The fraction of sp³-hybridized carbons (Fsp3) is 0.364. The highest BCUT2D eigenvalue weighted by Crippen LogP contribution is 2.44. The summed E-state index contributed by atoms with van der Waals surface area (Å²) in [6.07, 6.45) is 8.11. The molecular weight excluding hydrogens is 364 g/mol. The average Bonchev–Trinajstić information content (AvgIpc) is 3.35. The molecule has 0 bridgehead atoms. The molecule has 1 saturated carbocycles. The van der Waals surface area contributed by atoms with Crippen LogP contribution in [0.2, 0.25) is 0 Å². The predicted molar refractivity (Wildman–Crippen MR) is 112 cm³/mol. The number of benzene rings is 1. The Morgan fingerprint density at radius 1 is 1.17 bits per heavy atom. The zero-order valence-electron chi connectivity index (χ0n) is 16.3. The summed E-state index contributed by atoms with van der Waals surface area (Å²) in [5.74, 6) is 0. The summed E-state index contributed by atoms with van der Waals surface area (Å²) in [6, 6.07) is 10.0. The number of piperidine rings is 1. The van der Waals surface area contributed by atoms with Crippen molar-refractivity contribution < 1.29 is 0 Å². The van der Waals surface area contributed by atoms with Gasteiger partial charge >= 0.3 is 0 Å². The summed E-state index contributed by atoms with van der Waals surface area (Å²) in [5.41, 5.74) is 3.84. The number of aryl methyl sites for hydroxylation is 1. The fourth-order valence-electron chi connectivity index (χ4n) is 4.64. The van der Waals surface area contributed by atoms with Gasteiger partial charge in [0.2, 0.25) is 0 Å². The lowest BCUT2D eigenvalue weighted by atomic mass is 9.97. The van der Waals surface area contributed by atoms with Crippen LogP contribution in [0.15, 0.2) is 47.5 Å². The van der Waals surface area contributed by atoms with Gasteiger partial charge in [-0.05, 0) is 56.5 Å². The van der Waals surface area contributed by atoms with Crippen molar-refractivity contribution in [1.29, 1.82) is 0 Å². The van der Waals surface area contributed by atoms with Gasteiger partial charge in [0.1, 0.15) is 11.0 Å². The molecule has 7 heteroatoms. The topological polar surface area (TPSA) is 77.6 Å². The first kappa shape index (κ1) is 16.9. The van der Waals surface area contributed by atoms with Crippen LogP contribution in [0.5, 0.6) is 0 Å². The molecule has 0 radical (unpaired) electrons. The van der Waals surface area contributed by atoms with Gasteiger partial charge in [0.25, 0.3) is 5.56 Å². The molecule has 1 saturated heterocycles. The molecule has 1 atom stereocenters. The maximum atomic E-state index is 13.1. The number of hydrogen-bond donors (Lipinski definition) is 1. The third-order valence-electron chi connectivity index (χ3n) is 6.39. The minimum atomic E-state index is 0.00687. The van der Waals surface area contributed by atoms with Crippen molar-refractivity contribution in [2.24, 2.45) is 7.05 Å². The monoisotopic (exact) mass is 386 g/mol. The molecule has 1 unspecified atom stereocenters. The molecule has 1 aliphatic carbocycles. The average molecular weight is 386 g/mol. The maximum Gasteiger partial charge on any atom is 0.274 e. The molecule has 6 rings (SSSR count). The first-order valence-electron chi connectivity index (χ1n) is 10.2. The highest BCUT2D eigenvalue weighted by molar-refractivity contribution is 5.86. The molecule has 1 N–H and O–H groups in total. The second-order valence-corrected chi connectivity index (χ2v) is 8.45. The van der Waals surface area contributed by atoms with E-state index in [2.05, 4.69) is 15.5 Å². The van der Waals surface area contributed by atoms with Crippen LogP contribution in [-0.2, 0) is 7.05 Å². The summed E-state index contributed by atoms with van der Waals surface area (Å²) in [6.45, 7) is 0.957. The van der Waals surface area contributed by atoms with Crippen LogP contribution in [0.3, 0.4) is 0 Å². The summed E-state index contributed by atoms with van der Waals surface area (Å²) < 4.78 is 3.48. The van der Waals surface area contributed by atoms with E-state index in [4.69, 9.17) is 4.98 Å². The van der Waals surface area contributed by atoms with Crippen molar-refractivity contribution in [3.63, 3.8) is 0 Å². The third kappa shape index (κ3) is 2.76. The zero-order chi connectivity index (χ0) is 19.6. The van der Waals surface area contributed by atoms with Crippen LogP contribution in [0, 0.1) is 0 Å². The quantitative estimate of drug-likeness (QED) is 0.573. The molecule has 1 aromatic carbocycles. The molecule has 0 amide bonds. The highest BCUT2D eigenvalue weighted by Gasteiger charge is 2.46. The van der Waals surface area contributed by atoms with E-state index < -0.39 is 0 Å². The van der Waals surface area contributed by atoms with Gasteiger partial charge in [-0.2, -0.15) is 10.2 Å². The van der Waals surface area contributed by atoms with Gasteiger partial charge in [0.05, 0.1) is 29.5 Å². The molecule has 4 heterocycles. The summed E-state index contributed by atoms with van der Waals surface area (Å²) in [7, 11) is 1.89. The normalized spacial score (nSPS) is 20.5. The van der Waals surface area contributed by atoms with E-state index in [-0.39, 0.29) is 17.1 Å². The van der Waals surface area contributed by atoms with Gasteiger partial charge in [-0.15, -0.1) is 0 Å². The Bertz CT molecular complexity index is 1320. The zero-order valence-corrected chi connectivity index (χ0v) is 16.3. The number of nitrogens with zero attached hydrogens (tertiary/aromatic N) is 5. The Kier molecular flexibility index (Phi) is 3.47. The van der Waals surface area contributed by atoms with E-state index in [0.717, 1.165) is 52.4 Å². The van der Waals surface area contributed by atoms with E-state index in [1.807, 2.05) is 49.8 Å². The molecule has 2 fully saturated rings. The molecule has 4 aromatic rings. The molecule has 3 aromatic heterocycles. The molecule has 1 spiro atoms. The lowest BCUT2D eigenvalue weighted by Crippen LogP contribution is -2.43. The van der Waals surface area contributed by atoms with Crippen molar-refractivity contribution in [2.45, 2.75) is 37.3 Å². The molecule has 2 aliphatic rings. The standard InChI is InChI=1S/C22H22N6O/c1-27-13-20-19(26-27)5-4-18(25-20)14-2-3-17-15(10-14)12-24-28(21(17)29)16-6-9-23-22(11-16)7-8-22/h2-5,10,12-13,16,23H,6-9,11H2,1H3. The van der Waals surface area contributed by atoms with Crippen LogP contribution in [0.1, 0.15) is 31.7 Å². The highest BCUT2D eigenvalue weighted by atomic mass is 16.1. The Balaban J connectivity index is 1.39. The van der Waals surface area contributed by atoms with Crippen molar-refractivity contribution in [3.05, 3.63) is 53.1 Å². The minimum absolute atomic E-state index is 0.00687. The van der Waals surface area contributed by atoms with Gasteiger partial charge in [-0.3, -0.25) is 9.48 Å². The first-order valence-corrected chi connectivity index (χ1v) is 10.2. The van der Waals surface area contributed by atoms with Crippen molar-refractivity contribution in [2.75, 3.05) is 6.54 Å². The Labute approximate surface area is 167 Å². The van der Waals surface area contributed by atoms with Crippen molar-refractivity contribution in [1.82, 2.24) is 29.9 Å².